The van der Waals surface area contributed by atoms with E-state index in [0.717, 1.165) is 0 Å². The summed E-state index contributed by atoms with van der Waals surface area (Å²) < 4.78 is 36.3. The van der Waals surface area contributed by atoms with Crippen LogP contribution in [0.3, 0.4) is 0 Å². The quantitative estimate of drug-likeness (QED) is 0.687. The summed E-state index contributed by atoms with van der Waals surface area (Å²) in [5, 5.41) is 12.8. The molecule has 9 heteroatoms. The Bertz CT molecular complexity index is 945. The molecule has 0 saturated carbocycles. The average Bonchev–Trinajstić information content (AvgIpc) is 3.09. The van der Waals surface area contributed by atoms with E-state index in [9.17, 15) is 13.6 Å². The van der Waals surface area contributed by atoms with Crippen molar-refractivity contribution in [1.29, 1.82) is 0 Å². The summed E-state index contributed by atoms with van der Waals surface area (Å²) in [4.78, 5) is 6.96. The number of nitrogens with one attached hydrogen (secondary N) is 1. The Morgan fingerprint density at radius 1 is 1.30 bits per heavy atom. The largest absolute Gasteiger partial charge is 0.758 e. The van der Waals surface area contributed by atoms with E-state index in [1.165, 1.54) is 0 Å². The van der Waals surface area contributed by atoms with E-state index in [0.29, 0.717) is 47.1 Å². The van der Waals surface area contributed by atoms with E-state index in [-0.39, 0.29) is 17.4 Å². The average molecular weight is 392 g/mol. The lowest BCUT2D eigenvalue weighted by Crippen LogP contribution is -2.28. The Hall–Kier alpha value is -2.36. The SMILES string of the molecule is COCCCOC1=CCN([O-])C(CS(=O)(=O)c2nc3ccccc3[nH]2)=C1C. The Morgan fingerprint density at radius 2 is 2.07 bits per heavy atom. The highest BCUT2D eigenvalue weighted by Crippen LogP contribution is 2.26. The van der Waals surface area contributed by atoms with Gasteiger partial charge in [-0.25, -0.2) is 13.4 Å². The predicted molar refractivity (Wildman–Crippen MR) is 101 cm³/mol. The van der Waals surface area contributed by atoms with Crippen LogP contribution in [0.2, 0.25) is 0 Å². The minimum absolute atomic E-state index is 0.0436. The number of H-pyrrole nitrogens is 1. The van der Waals surface area contributed by atoms with Crippen molar-refractivity contribution in [3.8, 4) is 0 Å². The third kappa shape index (κ3) is 4.32. The number of sulfone groups is 1. The van der Waals surface area contributed by atoms with Crippen molar-refractivity contribution in [2.75, 3.05) is 32.6 Å². The zero-order valence-electron chi connectivity index (χ0n) is 15.3. The first-order valence-electron chi connectivity index (χ1n) is 8.56. The summed E-state index contributed by atoms with van der Waals surface area (Å²) in [5.74, 6) is 0.0917. The molecule has 1 aliphatic rings. The minimum atomic E-state index is -3.81. The summed E-state index contributed by atoms with van der Waals surface area (Å²) >= 11 is 0. The van der Waals surface area contributed by atoms with Gasteiger partial charge < -0.3 is 24.7 Å². The van der Waals surface area contributed by atoms with Crippen molar-refractivity contribution in [3.63, 3.8) is 0 Å². The van der Waals surface area contributed by atoms with Gasteiger partial charge in [-0.2, -0.15) is 0 Å². The van der Waals surface area contributed by atoms with E-state index in [1.54, 1.807) is 44.4 Å². The molecule has 0 saturated heterocycles. The molecule has 0 radical (unpaired) electrons. The molecule has 1 aromatic carbocycles. The second-order valence-corrected chi connectivity index (χ2v) is 8.12. The number of aromatic amines is 1. The fraction of sp³-hybridized carbons (Fsp3) is 0.389. The van der Waals surface area contributed by atoms with Crippen LogP contribution in [0, 0.1) is 5.21 Å². The Kier molecular flexibility index (Phi) is 5.83. The molecule has 2 heterocycles. The van der Waals surface area contributed by atoms with Crippen LogP contribution in [0.4, 0.5) is 0 Å². The van der Waals surface area contributed by atoms with Gasteiger partial charge in [-0.15, -0.1) is 0 Å². The topological polar surface area (TPSA) is 108 Å². The van der Waals surface area contributed by atoms with Crippen molar-refractivity contribution < 1.29 is 17.9 Å². The smallest absolute Gasteiger partial charge is 0.226 e. The van der Waals surface area contributed by atoms with Gasteiger partial charge in [-0.1, -0.05) is 12.1 Å². The van der Waals surface area contributed by atoms with Gasteiger partial charge in [0, 0.05) is 38.0 Å². The van der Waals surface area contributed by atoms with Gasteiger partial charge >= 0.3 is 0 Å². The van der Waals surface area contributed by atoms with Crippen LogP contribution in [0.1, 0.15) is 13.3 Å². The first kappa shape index (κ1) is 19.4. The zero-order valence-corrected chi connectivity index (χ0v) is 16.1. The number of hydrogen-bond acceptors (Lipinski definition) is 7. The van der Waals surface area contributed by atoms with Gasteiger partial charge in [-0.05, 0) is 25.1 Å². The molecule has 1 N–H and O–H groups in total. The number of benzene rings is 1. The van der Waals surface area contributed by atoms with Crippen molar-refractivity contribution in [3.05, 3.63) is 52.6 Å². The first-order valence-corrected chi connectivity index (χ1v) is 10.2. The molecule has 0 fully saturated rings. The number of hydroxylamine groups is 2. The maximum absolute atomic E-state index is 12.8. The molecular weight excluding hydrogens is 370 g/mol. The molecule has 146 valence electrons. The summed E-state index contributed by atoms with van der Waals surface area (Å²) in [6.07, 6.45) is 2.36. The van der Waals surface area contributed by atoms with Gasteiger partial charge in [-0.3, -0.25) is 0 Å². The predicted octanol–water partition coefficient (Wildman–Crippen LogP) is 2.36. The molecule has 0 unspecified atom stereocenters. The lowest BCUT2D eigenvalue weighted by molar-refractivity contribution is 0.146. The highest BCUT2D eigenvalue weighted by atomic mass is 32.2. The standard InChI is InChI=1S/C18H22N3O5S/c1-13-16(21(22)9-8-17(13)26-11-5-10-25-2)12-27(23,24)18-19-14-6-3-4-7-15(14)20-18/h3-4,6-8H,5,9-12H2,1-2H3,(H,19,20)/q-1. The molecule has 2 aromatic rings. The molecule has 1 aliphatic heterocycles. The van der Waals surface area contributed by atoms with Crippen LogP contribution < -0.4 is 0 Å². The lowest BCUT2D eigenvalue weighted by atomic mass is 10.1. The second kappa shape index (κ2) is 8.12. The zero-order chi connectivity index (χ0) is 19.4. The first-order chi connectivity index (χ1) is 12.9. The van der Waals surface area contributed by atoms with Crippen LogP contribution in [-0.4, -0.2) is 56.1 Å². The van der Waals surface area contributed by atoms with Crippen LogP contribution >= 0.6 is 0 Å². The normalized spacial score (nSPS) is 15.4. The van der Waals surface area contributed by atoms with Crippen molar-refractivity contribution >= 4 is 20.9 Å². The van der Waals surface area contributed by atoms with E-state index in [4.69, 9.17) is 9.47 Å². The van der Waals surface area contributed by atoms with Crippen LogP contribution in [0.15, 0.2) is 52.5 Å². The third-order valence-electron chi connectivity index (χ3n) is 4.29. The highest BCUT2D eigenvalue weighted by Gasteiger charge is 2.25. The summed E-state index contributed by atoms with van der Waals surface area (Å²) in [6.45, 7) is 2.73. The molecule has 0 atom stereocenters. The number of aromatic nitrogens is 2. The molecule has 27 heavy (non-hydrogen) atoms. The second-order valence-electron chi connectivity index (χ2n) is 6.21. The van der Waals surface area contributed by atoms with Crippen molar-refractivity contribution in [2.45, 2.75) is 18.5 Å². The number of allylic oxidation sites excluding steroid dienone is 1. The molecule has 3 rings (SSSR count). The maximum atomic E-state index is 12.8. The number of hydrogen-bond donors (Lipinski definition) is 1. The van der Waals surface area contributed by atoms with Gasteiger partial charge in [0.05, 0.1) is 23.4 Å². The Labute approximate surface area is 158 Å². The fourth-order valence-electron chi connectivity index (χ4n) is 2.82. The maximum Gasteiger partial charge on any atom is 0.226 e. The molecule has 0 bridgehead atoms. The number of imidazole rings is 1. The molecule has 0 amide bonds. The van der Waals surface area contributed by atoms with Gasteiger partial charge in [0.2, 0.25) is 15.0 Å². The monoisotopic (exact) mass is 392 g/mol. The lowest BCUT2D eigenvalue weighted by Gasteiger charge is -2.37. The minimum Gasteiger partial charge on any atom is -0.758 e. The summed E-state index contributed by atoms with van der Waals surface area (Å²) in [7, 11) is -2.20. The van der Waals surface area contributed by atoms with Crippen molar-refractivity contribution in [1.82, 2.24) is 15.0 Å². The Balaban J connectivity index is 1.81. The number of methoxy groups -OCH3 is 1. The van der Waals surface area contributed by atoms with E-state index in [2.05, 4.69) is 9.97 Å². The molecule has 0 aliphatic carbocycles. The fourth-order valence-corrected chi connectivity index (χ4v) is 4.18. The molecule has 8 nitrogen and oxygen atoms in total. The van der Waals surface area contributed by atoms with Crippen LogP contribution in [-0.2, 0) is 19.3 Å². The Morgan fingerprint density at radius 3 is 2.81 bits per heavy atom. The number of ether oxygens (including phenoxy) is 2. The van der Waals surface area contributed by atoms with Gasteiger partial charge in [0.1, 0.15) is 5.76 Å². The number of fused-ring (bicyclic) bond motifs is 1. The van der Waals surface area contributed by atoms with Gasteiger partial charge in [0.15, 0.2) is 0 Å². The van der Waals surface area contributed by atoms with E-state index >= 15 is 0 Å². The van der Waals surface area contributed by atoms with Gasteiger partial charge in [0.25, 0.3) is 0 Å². The van der Waals surface area contributed by atoms with Crippen LogP contribution in [0.5, 0.6) is 0 Å². The number of nitrogens with zero attached hydrogens (tertiary/aromatic N) is 2. The molecule has 0 spiro atoms. The summed E-state index contributed by atoms with van der Waals surface area (Å²) in [6, 6.07) is 7.05. The van der Waals surface area contributed by atoms with Crippen LogP contribution in [0.25, 0.3) is 11.0 Å². The highest BCUT2D eigenvalue weighted by molar-refractivity contribution is 7.91. The third-order valence-corrected chi connectivity index (χ3v) is 5.72. The molecule has 1 aromatic heterocycles. The molecular formula is C18H22N3O5S-. The van der Waals surface area contributed by atoms with E-state index in [1.807, 2.05) is 0 Å². The van der Waals surface area contributed by atoms with Crippen molar-refractivity contribution in [2.24, 2.45) is 0 Å². The summed E-state index contributed by atoms with van der Waals surface area (Å²) in [5.41, 5.74) is 1.88. The number of rotatable bonds is 8. The van der Waals surface area contributed by atoms with E-state index < -0.39 is 15.6 Å². The number of para-hydroxylation sites is 2.